The molecule has 0 aliphatic heterocycles. The van der Waals surface area contributed by atoms with E-state index in [0.29, 0.717) is 16.6 Å². The number of nitro groups is 1. The second-order valence-electron chi connectivity index (χ2n) is 5.46. The molecule has 1 aliphatic rings. The molecule has 0 atom stereocenters. The molecule has 1 fully saturated rings. The number of hydrogen-bond acceptors (Lipinski definition) is 3. The van der Waals surface area contributed by atoms with Crippen LogP contribution in [0.4, 0.5) is 11.4 Å². The fraction of sp³-hybridized carbons (Fsp3) is 0.600. The molecule has 1 N–H and O–H groups in total. The molecule has 1 saturated carbocycles. The second-order valence-corrected chi connectivity index (χ2v) is 5.86. The van der Waals surface area contributed by atoms with E-state index in [4.69, 9.17) is 11.6 Å². The van der Waals surface area contributed by atoms with Crippen molar-refractivity contribution >= 4 is 23.0 Å². The molecule has 0 unspecified atom stereocenters. The maximum Gasteiger partial charge on any atom is 0.293 e. The molecular formula is C15H21ClN2O2. The van der Waals surface area contributed by atoms with Crippen molar-refractivity contribution in [2.24, 2.45) is 5.92 Å². The van der Waals surface area contributed by atoms with Crippen LogP contribution < -0.4 is 5.32 Å². The van der Waals surface area contributed by atoms with Gasteiger partial charge in [0.2, 0.25) is 0 Å². The summed E-state index contributed by atoms with van der Waals surface area (Å²) in [6.45, 7) is 2.81. The number of aryl methyl sites for hydroxylation is 1. The predicted octanol–water partition coefficient (Wildman–Crippen LogP) is 4.80. The van der Waals surface area contributed by atoms with Crippen molar-refractivity contribution in [3.8, 4) is 0 Å². The molecule has 1 aliphatic carbocycles. The van der Waals surface area contributed by atoms with Crippen LogP contribution in [0.15, 0.2) is 12.1 Å². The number of halogens is 1. The molecule has 0 saturated heterocycles. The Labute approximate surface area is 124 Å². The topological polar surface area (TPSA) is 55.2 Å². The molecule has 5 heteroatoms. The van der Waals surface area contributed by atoms with Gasteiger partial charge in [-0.15, -0.1) is 0 Å². The summed E-state index contributed by atoms with van der Waals surface area (Å²) in [7, 11) is 0. The molecule has 0 aromatic heterocycles. The summed E-state index contributed by atoms with van der Waals surface area (Å²) in [5.74, 6) is 0.629. The molecule has 0 heterocycles. The zero-order valence-corrected chi connectivity index (χ0v) is 12.6. The SMILES string of the molecule is CCc1cc(NCC2CCCCC2)c([N+](=O)[O-])cc1Cl. The molecule has 0 spiro atoms. The monoisotopic (exact) mass is 296 g/mol. The van der Waals surface area contributed by atoms with Gasteiger partial charge in [0.15, 0.2) is 0 Å². The van der Waals surface area contributed by atoms with E-state index in [1.54, 1.807) is 0 Å². The van der Waals surface area contributed by atoms with Crippen molar-refractivity contribution in [2.45, 2.75) is 45.4 Å². The van der Waals surface area contributed by atoms with Gasteiger partial charge in [0.1, 0.15) is 5.69 Å². The van der Waals surface area contributed by atoms with Gasteiger partial charge in [-0.3, -0.25) is 10.1 Å². The Morgan fingerprint density at radius 3 is 2.65 bits per heavy atom. The van der Waals surface area contributed by atoms with Gasteiger partial charge in [-0.1, -0.05) is 37.8 Å². The van der Waals surface area contributed by atoms with Gasteiger partial charge in [0.25, 0.3) is 5.69 Å². The van der Waals surface area contributed by atoms with Crippen molar-refractivity contribution in [3.63, 3.8) is 0 Å². The van der Waals surface area contributed by atoms with E-state index in [1.165, 1.54) is 38.2 Å². The lowest BCUT2D eigenvalue weighted by molar-refractivity contribution is -0.384. The van der Waals surface area contributed by atoms with Crippen molar-refractivity contribution in [1.82, 2.24) is 0 Å². The fourth-order valence-corrected chi connectivity index (χ4v) is 3.11. The van der Waals surface area contributed by atoms with Gasteiger partial charge in [-0.2, -0.15) is 0 Å². The number of nitrogens with one attached hydrogen (secondary N) is 1. The van der Waals surface area contributed by atoms with E-state index in [9.17, 15) is 10.1 Å². The van der Waals surface area contributed by atoms with Crippen molar-refractivity contribution in [2.75, 3.05) is 11.9 Å². The van der Waals surface area contributed by atoms with Crippen LogP contribution in [0.3, 0.4) is 0 Å². The van der Waals surface area contributed by atoms with Crippen molar-refractivity contribution in [1.29, 1.82) is 0 Å². The first-order chi connectivity index (χ1) is 9.61. The minimum atomic E-state index is -0.367. The number of nitro benzene ring substituents is 1. The maximum atomic E-state index is 11.1. The molecule has 4 nitrogen and oxygen atoms in total. The highest BCUT2D eigenvalue weighted by atomic mass is 35.5. The Morgan fingerprint density at radius 1 is 1.35 bits per heavy atom. The van der Waals surface area contributed by atoms with Crippen LogP contribution in [0.2, 0.25) is 5.02 Å². The van der Waals surface area contributed by atoms with Crippen LogP contribution in [0.25, 0.3) is 0 Å². The molecular weight excluding hydrogens is 276 g/mol. The summed E-state index contributed by atoms with van der Waals surface area (Å²) in [5.41, 5.74) is 1.62. The Kier molecular flexibility index (Phi) is 5.24. The third kappa shape index (κ3) is 3.63. The minimum Gasteiger partial charge on any atom is -0.379 e. The number of benzene rings is 1. The molecule has 110 valence electrons. The first-order valence-corrected chi connectivity index (χ1v) is 7.70. The zero-order chi connectivity index (χ0) is 14.5. The Morgan fingerprint density at radius 2 is 2.05 bits per heavy atom. The van der Waals surface area contributed by atoms with E-state index in [1.807, 2.05) is 13.0 Å². The van der Waals surface area contributed by atoms with Gasteiger partial charge >= 0.3 is 0 Å². The Bertz CT molecular complexity index is 485. The molecule has 0 bridgehead atoms. The lowest BCUT2D eigenvalue weighted by Crippen LogP contribution is -2.17. The van der Waals surface area contributed by atoms with Crippen molar-refractivity contribution in [3.05, 3.63) is 32.8 Å². The summed E-state index contributed by atoms with van der Waals surface area (Å²) in [4.78, 5) is 10.8. The fourth-order valence-electron chi connectivity index (χ4n) is 2.82. The van der Waals surface area contributed by atoms with Crippen LogP contribution in [0.1, 0.15) is 44.6 Å². The molecule has 2 rings (SSSR count). The molecule has 1 aromatic rings. The van der Waals surface area contributed by atoms with E-state index in [-0.39, 0.29) is 10.6 Å². The summed E-state index contributed by atoms with van der Waals surface area (Å²) in [6.07, 6.45) is 7.07. The standard InChI is InChI=1S/C15H21ClN2O2/c1-2-12-8-14(15(18(19)20)9-13(12)16)17-10-11-6-4-3-5-7-11/h8-9,11,17H,2-7,10H2,1H3. The van der Waals surface area contributed by atoms with Crippen LogP contribution in [0.5, 0.6) is 0 Å². The number of rotatable bonds is 5. The smallest absolute Gasteiger partial charge is 0.293 e. The van der Waals surface area contributed by atoms with E-state index >= 15 is 0 Å². The van der Waals surface area contributed by atoms with Crippen LogP contribution >= 0.6 is 11.6 Å². The minimum absolute atomic E-state index is 0.0722. The second kappa shape index (κ2) is 6.93. The summed E-state index contributed by atoms with van der Waals surface area (Å²) in [6, 6.07) is 3.28. The molecule has 1 aromatic carbocycles. The Hall–Kier alpha value is -1.29. The molecule has 20 heavy (non-hydrogen) atoms. The van der Waals surface area contributed by atoms with Crippen LogP contribution in [0, 0.1) is 16.0 Å². The number of nitrogens with zero attached hydrogens (tertiary/aromatic N) is 1. The average Bonchev–Trinajstić information content (AvgIpc) is 2.46. The quantitative estimate of drug-likeness (QED) is 0.627. The first-order valence-electron chi connectivity index (χ1n) is 7.32. The van der Waals surface area contributed by atoms with Gasteiger partial charge in [0, 0.05) is 12.6 Å². The van der Waals surface area contributed by atoms with E-state index in [0.717, 1.165) is 18.5 Å². The molecule has 0 amide bonds. The lowest BCUT2D eigenvalue weighted by atomic mass is 9.89. The van der Waals surface area contributed by atoms with Gasteiger partial charge in [-0.25, -0.2) is 0 Å². The maximum absolute atomic E-state index is 11.1. The van der Waals surface area contributed by atoms with E-state index in [2.05, 4.69) is 5.32 Å². The highest BCUT2D eigenvalue weighted by Crippen LogP contribution is 2.32. The third-order valence-corrected chi connectivity index (χ3v) is 4.40. The van der Waals surface area contributed by atoms with Crippen LogP contribution in [-0.4, -0.2) is 11.5 Å². The first kappa shape index (κ1) is 15.1. The number of anilines is 1. The average molecular weight is 297 g/mol. The predicted molar refractivity (Wildman–Crippen MR) is 82.5 cm³/mol. The molecule has 0 radical (unpaired) electrons. The van der Waals surface area contributed by atoms with Crippen LogP contribution in [-0.2, 0) is 6.42 Å². The third-order valence-electron chi connectivity index (χ3n) is 4.05. The van der Waals surface area contributed by atoms with Gasteiger partial charge in [0.05, 0.1) is 9.95 Å². The van der Waals surface area contributed by atoms with E-state index < -0.39 is 0 Å². The normalized spacial score (nSPS) is 16.1. The highest BCUT2D eigenvalue weighted by molar-refractivity contribution is 6.31. The van der Waals surface area contributed by atoms with Gasteiger partial charge in [-0.05, 0) is 36.8 Å². The summed E-state index contributed by atoms with van der Waals surface area (Å²) >= 11 is 6.06. The van der Waals surface area contributed by atoms with Crippen molar-refractivity contribution < 1.29 is 4.92 Å². The lowest BCUT2D eigenvalue weighted by Gasteiger charge is -2.22. The summed E-state index contributed by atoms with van der Waals surface area (Å²) in [5, 5.41) is 14.9. The van der Waals surface area contributed by atoms with Gasteiger partial charge < -0.3 is 5.32 Å². The number of hydrogen-bond donors (Lipinski definition) is 1. The largest absolute Gasteiger partial charge is 0.379 e. The Balaban J connectivity index is 2.13. The zero-order valence-electron chi connectivity index (χ0n) is 11.8. The summed E-state index contributed by atoms with van der Waals surface area (Å²) < 4.78 is 0. The highest BCUT2D eigenvalue weighted by Gasteiger charge is 2.19.